The maximum absolute atomic E-state index is 2.44. The molecule has 0 aromatic heterocycles. The smallest absolute Gasteiger partial charge is 0.00988 e. The van der Waals surface area contributed by atoms with Gasteiger partial charge in [-0.15, -0.1) is 0 Å². The second-order valence-electron chi connectivity index (χ2n) is 20.0. The van der Waals surface area contributed by atoms with Crippen molar-refractivity contribution in [3.8, 4) is 134 Å². The molecule has 0 fully saturated rings. The zero-order chi connectivity index (χ0) is 52.0. The third-order valence-corrected chi connectivity index (χ3v) is 15.2. The van der Waals surface area contributed by atoms with Crippen LogP contribution in [0.4, 0.5) is 0 Å². The van der Waals surface area contributed by atoms with Crippen molar-refractivity contribution in [2.24, 2.45) is 0 Å². The highest BCUT2D eigenvalue weighted by Crippen LogP contribution is 2.44. The molecule has 0 aliphatic heterocycles. The van der Waals surface area contributed by atoms with E-state index >= 15 is 0 Å². The van der Waals surface area contributed by atoms with Crippen LogP contribution < -0.4 is 0 Å². The highest BCUT2D eigenvalue weighted by atomic mass is 14.2. The normalized spacial score (nSPS) is 11.1. The second-order valence-corrected chi connectivity index (χ2v) is 20.0. The van der Waals surface area contributed by atoms with Gasteiger partial charge in [-0.05, 0) is 170 Å². The Morgan fingerprint density at radius 3 is 0.410 bits per heavy atom. The Morgan fingerprint density at radius 2 is 0.231 bits per heavy atom. The van der Waals surface area contributed by atoms with Crippen LogP contribution in [-0.2, 0) is 0 Å². The number of hydrogen-bond donors (Lipinski definition) is 0. The van der Waals surface area contributed by atoms with E-state index in [0.29, 0.717) is 0 Å². The van der Waals surface area contributed by atoms with E-state index in [1.807, 2.05) is 0 Å². The molecule has 0 nitrogen and oxygen atoms in total. The zero-order valence-electron chi connectivity index (χ0n) is 43.2. The molecule has 78 heavy (non-hydrogen) atoms. The van der Waals surface area contributed by atoms with Gasteiger partial charge >= 0.3 is 0 Å². The summed E-state index contributed by atoms with van der Waals surface area (Å²) in [5.74, 6) is 0. The predicted octanol–water partition coefficient (Wildman–Crippen LogP) is 21.7. The largest absolute Gasteiger partial charge is 0.0622 e. The van der Waals surface area contributed by atoms with Crippen LogP contribution in [0, 0.1) is 0 Å². The van der Waals surface area contributed by atoms with Crippen molar-refractivity contribution in [1.82, 2.24) is 0 Å². The van der Waals surface area contributed by atoms with E-state index in [-0.39, 0.29) is 0 Å². The summed E-state index contributed by atoms with van der Waals surface area (Å²) in [7, 11) is 0. The monoisotopic (exact) mass is 990 g/mol. The van der Waals surface area contributed by atoms with Crippen LogP contribution in [0.3, 0.4) is 0 Å². The van der Waals surface area contributed by atoms with Gasteiger partial charge in [0.2, 0.25) is 0 Å². The molecule has 0 amide bonds. The summed E-state index contributed by atoms with van der Waals surface area (Å²) in [6.07, 6.45) is 0. The molecule has 366 valence electrons. The number of hydrogen-bond acceptors (Lipinski definition) is 0. The molecule has 0 bridgehead atoms. The molecule has 13 aromatic carbocycles. The van der Waals surface area contributed by atoms with Gasteiger partial charge in [0.1, 0.15) is 0 Å². The van der Waals surface area contributed by atoms with E-state index in [0.717, 1.165) is 22.3 Å². The Hall–Kier alpha value is -10.1. The number of benzene rings is 13. The summed E-state index contributed by atoms with van der Waals surface area (Å²) >= 11 is 0. The molecule has 0 heterocycles. The van der Waals surface area contributed by atoms with Crippen LogP contribution in [0.2, 0.25) is 0 Å². The first-order valence-electron chi connectivity index (χ1n) is 26.9. The van der Waals surface area contributed by atoms with Gasteiger partial charge in [-0.3, -0.25) is 0 Å². The maximum Gasteiger partial charge on any atom is -0.00988 e. The standard InChI is InChI=1S/C78H54/c1-5-17-55(18-6-1)67-25-13-29-71(49-67)59-33-41-63(42-34-59)75-53-77(65-45-37-61(38-46-65)73-31-15-27-69(51-73)57-21-9-3-10-22-57)78(66-47-39-62(40-48-66)74-32-16-28-70(52-74)58-23-11-4-12-24-58)54-76(75)64-43-35-60(36-44-64)72-30-14-26-68(50-72)56-19-7-2-8-20-56/h1-54H. The molecule has 0 heteroatoms. The summed E-state index contributed by atoms with van der Waals surface area (Å²) in [6.45, 7) is 0. The first-order valence-corrected chi connectivity index (χ1v) is 26.9. The van der Waals surface area contributed by atoms with Gasteiger partial charge in [0, 0.05) is 0 Å². The van der Waals surface area contributed by atoms with Gasteiger partial charge in [0.05, 0.1) is 0 Å². The minimum absolute atomic E-state index is 1.16. The summed E-state index contributed by atoms with van der Waals surface area (Å²) in [4.78, 5) is 0. The van der Waals surface area contributed by atoms with Crippen LogP contribution in [0.15, 0.2) is 328 Å². The van der Waals surface area contributed by atoms with E-state index in [2.05, 4.69) is 328 Å². The molecule has 0 atom stereocenters. The van der Waals surface area contributed by atoms with E-state index < -0.39 is 0 Å². The summed E-state index contributed by atoms with van der Waals surface area (Å²) in [5, 5.41) is 0. The van der Waals surface area contributed by atoms with E-state index in [1.165, 1.54) is 111 Å². The highest BCUT2D eigenvalue weighted by molar-refractivity contribution is 5.96. The molecule has 0 spiro atoms. The first kappa shape index (κ1) is 47.6. The average molecular weight is 991 g/mol. The number of rotatable bonds is 12. The molecule has 0 aliphatic rings. The van der Waals surface area contributed by atoms with Crippen molar-refractivity contribution in [2.75, 3.05) is 0 Å². The van der Waals surface area contributed by atoms with E-state index in [4.69, 9.17) is 0 Å². The molecule has 0 N–H and O–H groups in total. The molecule has 0 radical (unpaired) electrons. The van der Waals surface area contributed by atoms with Gasteiger partial charge in [-0.25, -0.2) is 0 Å². The Morgan fingerprint density at radius 1 is 0.0897 bits per heavy atom. The molecular formula is C78H54. The fourth-order valence-electron chi connectivity index (χ4n) is 11.0. The molecule has 0 unspecified atom stereocenters. The maximum atomic E-state index is 2.44. The van der Waals surface area contributed by atoms with Crippen LogP contribution in [0.1, 0.15) is 0 Å². The van der Waals surface area contributed by atoms with Crippen molar-refractivity contribution in [2.45, 2.75) is 0 Å². The Kier molecular flexibility index (Phi) is 13.2. The first-order chi connectivity index (χ1) is 38.6. The summed E-state index contributed by atoms with van der Waals surface area (Å²) in [6, 6.07) is 120. The molecule has 13 rings (SSSR count). The minimum atomic E-state index is 1.16. The lowest BCUT2D eigenvalue weighted by molar-refractivity contribution is 1.53. The fraction of sp³-hybridized carbons (Fsp3) is 0. The lowest BCUT2D eigenvalue weighted by Crippen LogP contribution is -1.93. The lowest BCUT2D eigenvalue weighted by Gasteiger charge is -2.19. The summed E-state index contributed by atoms with van der Waals surface area (Å²) < 4.78 is 0. The molecular weight excluding hydrogens is 937 g/mol. The average Bonchev–Trinajstić information content (AvgIpc) is 3.70. The van der Waals surface area contributed by atoms with E-state index in [9.17, 15) is 0 Å². The van der Waals surface area contributed by atoms with Crippen molar-refractivity contribution >= 4 is 0 Å². The van der Waals surface area contributed by atoms with Crippen LogP contribution in [0.5, 0.6) is 0 Å². The van der Waals surface area contributed by atoms with Gasteiger partial charge < -0.3 is 0 Å². The molecule has 0 saturated carbocycles. The van der Waals surface area contributed by atoms with Gasteiger partial charge in [-0.1, -0.05) is 291 Å². The quantitative estimate of drug-likeness (QED) is 0.114. The third kappa shape index (κ3) is 10.1. The lowest BCUT2D eigenvalue weighted by atomic mass is 9.84. The minimum Gasteiger partial charge on any atom is -0.0622 e. The van der Waals surface area contributed by atoms with Crippen molar-refractivity contribution in [3.63, 3.8) is 0 Å². The van der Waals surface area contributed by atoms with Crippen molar-refractivity contribution < 1.29 is 0 Å². The zero-order valence-corrected chi connectivity index (χ0v) is 43.2. The highest BCUT2D eigenvalue weighted by Gasteiger charge is 2.18. The SMILES string of the molecule is c1ccc(-c2cccc(-c3ccc(-c4cc(-c5ccc(-c6cccc(-c7ccccc7)c6)cc5)c(-c5ccc(-c6cccc(-c7ccccc7)c6)cc5)cc4-c4ccc(-c5cccc(-c6ccccc6)c5)cc4)cc3)c2)cc1. The fourth-order valence-corrected chi connectivity index (χ4v) is 11.0. The van der Waals surface area contributed by atoms with Crippen LogP contribution in [0.25, 0.3) is 134 Å². The predicted molar refractivity (Wildman–Crippen MR) is 332 cm³/mol. The van der Waals surface area contributed by atoms with Crippen molar-refractivity contribution in [1.29, 1.82) is 0 Å². The van der Waals surface area contributed by atoms with Gasteiger partial charge in [0.15, 0.2) is 0 Å². The second kappa shape index (κ2) is 21.6. The van der Waals surface area contributed by atoms with Crippen LogP contribution in [-0.4, -0.2) is 0 Å². The Balaban J connectivity index is 0.945. The third-order valence-electron chi connectivity index (χ3n) is 15.2. The molecule has 0 saturated heterocycles. The Labute approximate surface area is 458 Å². The van der Waals surface area contributed by atoms with Crippen molar-refractivity contribution in [3.05, 3.63) is 328 Å². The van der Waals surface area contributed by atoms with Crippen LogP contribution >= 0.6 is 0 Å². The summed E-state index contributed by atoms with van der Waals surface area (Å²) in [5.41, 5.74) is 28.5. The topological polar surface area (TPSA) is 0 Å². The molecule has 0 aliphatic carbocycles. The van der Waals surface area contributed by atoms with Gasteiger partial charge in [0.25, 0.3) is 0 Å². The van der Waals surface area contributed by atoms with Gasteiger partial charge in [-0.2, -0.15) is 0 Å². The molecule has 13 aromatic rings. The van der Waals surface area contributed by atoms with E-state index in [1.54, 1.807) is 0 Å². The Bertz CT molecular complexity index is 3610.